The van der Waals surface area contributed by atoms with Crippen LogP contribution in [0.2, 0.25) is 0 Å². The Hall–Kier alpha value is -1.28. The van der Waals surface area contributed by atoms with E-state index < -0.39 is 10.9 Å². The van der Waals surface area contributed by atoms with Gasteiger partial charge in [-0.1, -0.05) is 0 Å². The molecule has 10 heteroatoms. The van der Waals surface area contributed by atoms with Gasteiger partial charge < -0.3 is 0 Å². The predicted octanol–water partition coefficient (Wildman–Crippen LogP) is 1.06. The molecule has 0 atom stereocenters. The Labute approximate surface area is 75.6 Å². The molecule has 0 aromatic rings. The Morgan fingerprint density at radius 1 is 1.00 bits per heavy atom. The van der Waals surface area contributed by atoms with Crippen LogP contribution in [-0.4, -0.2) is 10.9 Å². The number of halogens is 2. The highest BCUT2D eigenvalue weighted by molar-refractivity contribution is 6.61. The summed E-state index contributed by atoms with van der Waals surface area (Å²) in [6.45, 7) is 0. The zero-order valence-corrected chi connectivity index (χ0v) is 6.69. The van der Waals surface area contributed by atoms with E-state index in [2.05, 4.69) is 43.4 Å². The van der Waals surface area contributed by atoms with Crippen LogP contribution in [0.25, 0.3) is 0 Å². The molecule has 0 spiro atoms. The first kappa shape index (κ1) is 13.3. The number of rotatable bonds is 2. The van der Waals surface area contributed by atoms with Crippen molar-refractivity contribution in [3.05, 3.63) is 0 Å². The van der Waals surface area contributed by atoms with E-state index in [-0.39, 0.29) is 0 Å². The second-order valence-corrected chi connectivity index (χ2v) is 1.44. The highest BCUT2D eigenvalue weighted by atomic mass is 35.5. The highest BCUT2D eigenvalue weighted by Crippen LogP contribution is 1.91. The van der Waals surface area contributed by atoms with Crippen LogP contribution >= 0.6 is 23.2 Å². The van der Waals surface area contributed by atoms with Crippen molar-refractivity contribution >= 4 is 34.1 Å². The average molecular weight is 215 g/mol. The van der Waals surface area contributed by atoms with Crippen molar-refractivity contribution in [2.24, 2.45) is 10.6 Å². The van der Waals surface area contributed by atoms with E-state index in [1.54, 1.807) is 0 Å². The summed E-state index contributed by atoms with van der Waals surface area (Å²) in [5, 5.41) is 5.05. The van der Waals surface area contributed by atoms with Crippen LogP contribution in [-0.2, 0) is 9.68 Å². The van der Waals surface area contributed by atoms with Crippen molar-refractivity contribution in [1.82, 2.24) is 11.1 Å². The molecular weight excluding hydrogens is 215 g/mol. The maximum absolute atomic E-state index is 9.70. The van der Waals surface area contributed by atoms with Crippen molar-refractivity contribution in [2.75, 3.05) is 0 Å². The van der Waals surface area contributed by atoms with E-state index >= 15 is 0 Å². The van der Waals surface area contributed by atoms with E-state index in [0.29, 0.717) is 0 Å². The van der Waals surface area contributed by atoms with Gasteiger partial charge in [-0.2, -0.15) is 0 Å². The molecular formula is C2Cl2N4O4. The molecule has 66 valence electrons. The van der Waals surface area contributed by atoms with Crippen molar-refractivity contribution in [2.45, 2.75) is 0 Å². The number of hydrogen-bond donors (Lipinski definition) is 0. The lowest BCUT2D eigenvalue weighted by Crippen LogP contribution is -1.85. The fraction of sp³-hybridized carbons (Fsp3) is 0. The summed E-state index contributed by atoms with van der Waals surface area (Å²) in [5.74, 6) is 0. The maximum Gasteiger partial charge on any atom is 0.431 e. The quantitative estimate of drug-likeness (QED) is 0.388. The van der Waals surface area contributed by atoms with Gasteiger partial charge in [0.15, 0.2) is 0 Å². The molecule has 0 rings (SSSR count). The minimum Gasteiger partial charge on any atom is -0.281 e. The van der Waals surface area contributed by atoms with Crippen LogP contribution in [0.15, 0.2) is 10.6 Å². The standard InChI is InChI=1S/C2Cl2N2O4.N2/c3-1(7)9-5-6-10-2(4)8;1-2. The molecule has 0 saturated carbocycles. The topological polar surface area (TPSA) is 122 Å². The van der Waals surface area contributed by atoms with E-state index in [9.17, 15) is 9.59 Å². The highest BCUT2D eigenvalue weighted by Gasteiger charge is 1.94. The second kappa shape index (κ2) is 9.72. The lowest BCUT2D eigenvalue weighted by Gasteiger charge is -1.83. The smallest absolute Gasteiger partial charge is 0.281 e. The Bertz CT molecular complexity index is 166. The molecule has 12 heavy (non-hydrogen) atoms. The third-order valence-electron chi connectivity index (χ3n) is 0.259. The first-order valence-corrected chi connectivity index (χ1v) is 2.72. The minimum absolute atomic E-state index is 1.20. The SMILES string of the molecule is O=C(Cl)ON=NOC(=O)Cl.[N]=[N]. The average Bonchev–Trinajstić information content (AvgIpc) is 2.02. The van der Waals surface area contributed by atoms with Crippen molar-refractivity contribution in [3.8, 4) is 0 Å². The molecule has 0 aromatic heterocycles. The van der Waals surface area contributed by atoms with Gasteiger partial charge in [0.2, 0.25) is 0 Å². The number of carbonyl (C=O) groups excluding carboxylic acids is 2. The lowest BCUT2D eigenvalue weighted by atomic mass is 11.6. The molecule has 0 aliphatic carbocycles. The van der Waals surface area contributed by atoms with Crippen LogP contribution in [0, 0.1) is 0 Å². The molecule has 2 radical (unpaired) electrons. The summed E-state index contributed by atoms with van der Waals surface area (Å²) < 4.78 is 0. The molecule has 8 nitrogen and oxygen atoms in total. The molecule has 0 saturated heterocycles. The van der Waals surface area contributed by atoms with Crippen molar-refractivity contribution in [1.29, 1.82) is 0 Å². The monoisotopic (exact) mass is 214 g/mol. The van der Waals surface area contributed by atoms with Crippen LogP contribution in [0.1, 0.15) is 0 Å². The van der Waals surface area contributed by atoms with Crippen molar-refractivity contribution < 1.29 is 19.3 Å². The molecule has 0 aliphatic heterocycles. The summed E-state index contributed by atoms with van der Waals surface area (Å²) in [6, 6.07) is 0. The van der Waals surface area contributed by atoms with Crippen LogP contribution in [0.5, 0.6) is 0 Å². The fourth-order valence-corrected chi connectivity index (χ4v) is 0.159. The summed E-state index contributed by atoms with van der Waals surface area (Å²) in [6.07, 6.45) is 0. The van der Waals surface area contributed by atoms with E-state index in [1.807, 2.05) is 0 Å². The molecule has 0 unspecified atom stereocenters. The van der Waals surface area contributed by atoms with Gasteiger partial charge in [-0.25, -0.2) is 9.59 Å². The van der Waals surface area contributed by atoms with E-state index in [1.165, 1.54) is 0 Å². The second-order valence-electron chi connectivity index (χ2n) is 0.821. The molecule has 0 aliphatic rings. The Kier molecular flexibility index (Phi) is 10.8. The zero-order valence-electron chi connectivity index (χ0n) is 5.18. The van der Waals surface area contributed by atoms with Crippen LogP contribution < -0.4 is 11.1 Å². The summed E-state index contributed by atoms with van der Waals surface area (Å²) in [4.78, 5) is 26.7. The van der Waals surface area contributed by atoms with E-state index in [0.717, 1.165) is 0 Å². The van der Waals surface area contributed by atoms with Crippen molar-refractivity contribution in [3.63, 3.8) is 0 Å². The first-order chi connectivity index (χ1) is 5.63. The molecule has 0 amide bonds. The lowest BCUT2D eigenvalue weighted by molar-refractivity contribution is 0.116. The Morgan fingerprint density at radius 2 is 1.25 bits per heavy atom. The zero-order chi connectivity index (χ0) is 9.98. The summed E-state index contributed by atoms with van der Waals surface area (Å²) >= 11 is 9.21. The molecule has 0 bridgehead atoms. The predicted molar refractivity (Wildman–Crippen MR) is 33.8 cm³/mol. The van der Waals surface area contributed by atoms with Gasteiger partial charge in [0.05, 0.1) is 10.6 Å². The Balaban J connectivity index is 0. The van der Waals surface area contributed by atoms with Gasteiger partial charge in [-0.3, -0.25) is 9.68 Å². The largest absolute Gasteiger partial charge is 0.431 e. The van der Waals surface area contributed by atoms with Gasteiger partial charge >= 0.3 is 10.9 Å². The maximum atomic E-state index is 9.70. The third kappa shape index (κ3) is 15.9. The van der Waals surface area contributed by atoms with Gasteiger partial charge in [0.1, 0.15) is 0 Å². The van der Waals surface area contributed by atoms with Gasteiger partial charge in [-0.05, 0) is 0 Å². The van der Waals surface area contributed by atoms with Crippen LogP contribution in [0.4, 0.5) is 9.59 Å². The molecule has 0 fully saturated rings. The normalized spacial score (nSPS) is 8.17. The van der Waals surface area contributed by atoms with Crippen LogP contribution in [0.3, 0.4) is 0 Å². The minimum atomic E-state index is -1.20. The molecule has 0 aromatic carbocycles. The molecule has 0 heterocycles. The number of nitrogens with zero attached hydrogens (tertiary/aromatic N) is 4. The summed E-state index contributed by atoms with van der Waals surface area (Å²) in [7, 11) is 0. The fourth-order valence-electron chi connectivity index (χ4n) is 0.0975. The molecule has 0 N–H and O–H groups in total. The summed E-state index contributed by atoms with van der Waals surface area (Å²) in [5.41, 5.74) is 9.60. The number of hydrogen-bond acceptors (Lipinski definition) is 6. The van der Waals surface area contributed by atoms with Gasteiger partial charge in [0, 0.05) is 34.3 Å². The van der Waals surface area contributed by atoms with E-state index in [4.69, 9.17) is 11.1 Å². The Morgan fingerprint density at radius 3 is 1.42 bits per heavy atom. The first-order valence-electron chi connectivity index (χ1n) is 1.96. The van der Waals surface area contributed by atoms with Gasteiger partial charge in [-0.15, -0.1) is 0 Å². The third-order valence-corrected chi connectivity index (χ3v) is 0.397. The van der Waals surface area contributed by atoms with Gasteiger partial charge in [0.25, 0.3) is 0 Å². The number of carbonyl (C=O) groups is 2.